The third kappa shape index (κ3) is 6.25. The van der Waals surface area contributed by atoms with E-state index in [0.717, 1.165) is 6.92 Å². The Bertz CT molecular complexity index is 1070. The van der Waals surface area contributed by atoms with Gasteiger partial charge in [-0.15, -0.1) is 0 Å². The highest BCUT2D eigenvalue weighted by molar-refractivity contribution is 6.31. The van der Waals surface area contributed by atoms with Crippen molar-refractivity contribution in [1.29, 1.82) is 0 Å². The minimum absolute atomic E-state index is 0.200. The first-order valence-corrected chi connectivity index (χ1v) is 11.2. The number of hydrogen-bond acceptors (Lipinski definition) is 5. The molecule has 0 spiro atoms. The molecule has 176 valence electrons. The van der Waals surface area contributed by atoms with Crippen LogP contribution in [-0.4, -0.2) is 37.2 Å². The van der Waals surface area contributed by atoms with E-state index in [0.29, 0.717) is 33.4 Å². The van der Waals surface area contributed by atoms with E-state index in [-0.39, 0.29) is 17.9 Å². The van der Waals surface area contributed by atoms with Crippen LogP contribution in [0.2, 0.25) is 10.0 Å². The largest absolute Gasteiger partial charge is 0.414 e. The van der Waals surface area contributed by atoms with Crippen molar-refractivity contribution >= 4 is 46.9 Å². The second kappa shape index (κ2) is 10.1. The lowest BCUT2D eigenvalue weighted by Gasteiger charge is -2.31. The molecule has 0 radical (unpaired) electrons. The number of carbonyl (C=O) groups is 3. The maximum Gasteiger partial charge on any atom is 0.414 e. The van der Waals surface area contributed by atoms with Gasteiger partial charge in [-0.25, -0.2) is 4.79 Å². The van der Waals surface area contributed by atoms with Crippen LogP contribution in [-0.2, 0) is 19.1 Å². The monoisotopic (exact) mass is 492 g/mol. The first-order chi connectivity index (χ1) is 15.5. The van der Waals surface area contributed by atoms with Crippen LogP contribution in [0.5, 0.6) is 0 Å². The molecule has 1 aliphatic rings. The van der Waals surface area contributed by atoms with Crippen molar-refractivity contribution in [3.8, 4) is 0 Å². The second-order valence-electron chi connectivity index (χ2n) is 8.98. The lowest BCUT2D eigenvalue weighted by atomic mass is 9.94. The molecule has 9 heteroatoms. The minimum Gasteiger partial charge on any atom is -0.377 e. The molecular weight excluding hydrogens is 467 g/mol. The maximum absolute atomic E-state index is 13.6. The van der Waals surface area contributed by atoms with E-state index in [2.05, 4.69) is 10.1 Å². The average molecular weight is 493 g/mol. The molecule has 0 aromatic heterocycles. The molecule has 2 aromatic carbocycles. The van der Waals surface area contributed by atoms with Gasteiger partial charge in [-0.1, -0.05) is 62.2 Å². The Morgan fingerprint density at radius 2 is 1.82 bits per heavy atom. The molecule has 0 fully saturated rings. The van der Waals surface area contributed by atoms with Gasteiger partial charge in [-0.05, 0) is 29.7 Å². The zero-order chi connectivity index (χ0) is 24.3. The number of alkyl carbamates (subject to hydrolysis) is 1. The number of nitrogens with zero attached hydrogens (tertiary/aromatic N) is 1. The fraction of sp³-hybridized carbons (Fsp3) is 0.375. The van der Waals surface area contributed by atoms with E-state index in [4.69, 9.17) is 27.9 Å². The van der Waals surface area contributed by atoms with E-state index in [9.17, 15) is 14.4 Å². The number of fused-ring (bicyclic) bond motifs is 1. The normalized spacial score (nSPS) is 18.4. The highest BCUT2D eigenvalue weighted by Crippen LogP contribution is 2.42. The molecule has 2 unspecified atom stereocenters. The van der Waals surface area contributed by atoms with Crippen molar-refractivity contribution in [2.75, 3.05) is 18.0 Å². The van der Waals surface area contributed by atoms with E-state index in [1.54, 1.807) is 35.2 Å². The number of esters is 1. The first-order valence-electron chi connectivity index (χ1n) is 10.4. The SMILES string of the molecule is CC(=O)OC(=O)NCC1OC(c2ccccc2Cl)c2cc(Cl)ccc2N(CC(C)(C)C)C1=O. The second-order valence-corrected chi connectivity index (χ2v) is 9.82. The van der Waals surface area contributed by atoms with E-state index in [1.165, 1.54) is 0 Å². The molecular formula is C24H26Cl2N2O5. The quantitative estimate of drug-likeness (QED) is 0.472. The van der Waals surface area contributed by atoms with E-state index >= 15 is 0 Å². The highest BCUT2D eigenvalue weighted by atomic mass is 35.5. The zero-order valence-corrected chi connectivity index (χ0v) is 20.4. The van der Waals surface area contributed by atoms with Crippen molar-refractivity contribution < 1.29 is 23.9 Å². The van der Waals surface area contributed by atoms with Crippen LogP contribution in [0.25, 0.3) is 0 Å². The molecule has 3 rings (SSSR count). The number of rotatable bonds is 4. The molecule has 1 N–H and O–H groups in total. The zero-order valence-electron chi connectivity index (χ0n) is 18.9. The van der Waals surface area contributed by atoms with Gasteiger partial charge in [-0.2, -0.15) is 0 Å². The van der Waals surface area contributed by atoms with Crippen LogP contribution in [0.4, 0.5) is 10.5 Å². The Kier molecular flexibility index (Phi) is 7.67. The Hall–Kier alpha value is -2.61. The summed E-state index contributed by atoms with van der Waals surface area (Å²) < 4.78 is 10.8. The fourth-order valence-electron chi connectivity index (χ4n) is 3.61. The van der Waals surface area contributed by atoms with E-state index < -0.39 is 24.3 Å². The van der Waals surface area contributed by atoms with Gasteiger partial charge in [0.15, 0.2) is 6.10 Å². The number of benzene rings is 2. The smallest absolute Gasteiger partial charge is 0.377 e. The van der Waals surface area contributed by atoms with Crippen molar-refractivity contribution in [2.24, 2.45) is 5.41 Å². The van der Waals surface area contributed by atoms with Crippen LogP contribution in [0.15, 0.2) is 42.5 Å². The molecule has 7 nitrogen and oxygen atoms in total. The van der Waals surface area contributed by atoms with Gasteiger partial charge in [0.05, 0.1) is 6.54 Å². The van der Waals surface area contributed by atoms with Gasteiger partial charge >= 0.3 is 12.1 Å². The lowest BCUT2D eigenvalue weighted by Crippen LogP contribution is -2.48. The summed E-state index contributed by atoms with van der Waals surface area (Å²) in [5, 5.41) is 3.39. The van der Waals surface area contributed by atoms with Gasteiger partial charge in [-0.3, -0.25) is 9.59 Å². The summed E-state index contributed by atoms with van der Waals surface area (Å²) in [5.41, 5.74) is 1.76. The summed E-state index contributed by atoms with van der Waals surface area (Å²) in [6, 6.07) is 12.4. The Labute approximate surface area is 202 Å². The number of hydrogen-bond donors (Lipinski definition) is 1. The van der Waals surface area contributed by atoms with Crippen LogP contribution in [0, 0.1) is 5.41 Å². The Balaban J connectivity index is 2.09. The summed E-state index contributed by atoms with van der Waals surface area (Å²) in [7, 11) is 0. The van der Waals surface area contributed by atoms with Crippen molar-refractivity contribution in [2.45, 2.75) is 39.9 Å². The topological polar surface area (TPSA) is 84.9 Å². The van der Waals surface area contributed by atoms with Crippen LogP contribution >= 0.6 is 23.2 Å². The molecule has 33 heavy (non-hydrogen) atoms. The molecule has 2 atom stereocenters. The van der Waals surface area contributed by atoms with Crippen LogP contribution in [0.3, 0.4) is 0 Å². The summed E-state index contributed by atoms with van der Waals surface area (Å²) >= 11 is 12.8. The van der Waals surface area contributed by atoms with Crippen molar-refractivity contribution in [3.63, 3.8) is 0 Å². The molecule has 0 saturated heterocycles. The Morgan fingerprint density at radius 3 is 2.45 bits per heavy atom. The highest BCUT2D eigenvalue weighted by Gasteiger charge is 2.38. The molecule has 1 heterocycles. The molecule has 2 aromatic rings. The number of ether oxygens (including phenoxy) is 2. The van der Waals surface area contributed by atoms with E-state index in [1.807, 2.05) is 32.9 Å². The fourth-order valence-corrected chi connectivity index (χ4v) is 4.03. The molecule has 2 amide bonds. The van der Waals surface area contributed by atoms with Gasteiger partial charge in [0.2, 0.25) is 0 Å². The van der Waals surface area contributed by atoms with Gasteiger partial charge in [0.1, 0.15) is 6.10 Å². The Morgan fingerprint density at radius 1 is 1.12 bits per heavy atom. The number of halogens is 2. The van der Waals surface area contributed by atoms with Gasteiger partial charge in [0, 0.05) is 40.3 Å². The van der Waals surface area contributed by atoms with Crippen molar-refractivity contribution in [3.05, 3.63) is 63.6 Å². The molecule has 0 saturated carbocycles. The lowest BCUT2D eigenvalue weighted by molar-refractivity contribution is -0.134. The molecule has 0 aliphatic carbocycles. The maximum atomic E-state index is 13.6. The van der Waals surface area contributed by atoms with Crippen LogP contribution < -0.4 is 10.2 Å². The standard InChI is InChI=1S/C24H26Cl2N2O5/c1-14(29)32-23(31)27-12-20-22(30)28(13-24(2,3)4)19-10-9-15(25)11-17(19)21(33-20)16-7-5-6-8-18(16)26/h5-11,20-21H,12-13H2,1-4H3,(H,27,31). The molecule has 1 aliphatic heterocycles. The third-order valence-corrected chi connectivity index (χ3v) is 5.47. The number of nitrogens with one attached hydrogen (secondary N) is 1. The van der Waals surface area contributed by atoms with Crippen molar-refractivity contribution in [1.82, 2.24) is 5.32 Å². The van der Waals surface area contributed by atoms with Gasteiger partial charge < -0.3 is 19.7 Å². The number of carbonyl (C=O) groups excluding carboxylic acids is 3. The minimum atomic E-state index is -1.07. The van der Waals surface area contributed by atoms with Gasteiger partial charge in [0.25, 0.3) is 5.91 Å². The van der Waals surface area contributed by atoms with Crippen LogP contribution in [0.1, 0.15) is 44.9 Å². The third-order valence-electron chi connectivity index (χ3n) is 4.89. The summed E-state index contributed by atoms with van der Waals surface area (Å²) in [6.45, 7) is 7.37. The number of anilines is 1. The average Bonchev–Trinajstić information content (AvgIpc) is 2.81. The number of amides is 2. The first kappa shape index (κ1) is 25.0. The summed E-state index contributed by atoms with van der Waals surface area (Å²) in [4.78, 5) is 38.3. The molecule has 0 bridgehead atoms. The predicted octanol–water partition coefficient (Wildman–Crippen LogP) is 5.13. The summed E-state index contributed by atoms with van der Waals surface area (Å²) in [5.74, 6) is -1.10. The predicted molar refractivity (Wildman–Crippen MR) is 127 cm³/mol. The summed E-state index contributed by atoms with van der Waals surface area (Å²) in [6.07, 6.45) is -2.75.